The van der Waals surface area contributed by atoms with Crippen LogP contribution in [0, 0.1) is 0 Å². The van der Waals surface area contributed by atoms with Crippen LogP contribution in [0.5, 0.6) is 5.75 Å². The van der Waals surface area contributed by atoms with Gasteiger partial charge in [0, 0.05) is 13.6 Å². The summed E-state index contributed by atoms with van der Waals surface area (Å²) in [6.07, 6.45) is 0. The van der Waals surface area contributed by atoms with Crippen LogP contribution in [-0.4, -0.2) is 23.8 Å². The molecule has 31 heavy (non-hydrogen) atoms. The van der Waals surface area contributed by atoms with Gasteiger partial charge < -0.3 is 19.5 Å². The molecule has 0 aliphatic rings. The Kier molecular flexibility index (Phi) is 6.47. The van der Waals surface area contributed by atoms with E-state index in [1.54, 1.807) is 0 Å². The number of ether oxygens (including phenoxy) is 1. The highest BCUT2D eigenvalue weighted by Gasteiger charge is 2.14. The molecule has 0 saturated carbocycles. The number of nitrogens with zero attached hydrogens (tertiary/aromatic N) is 3. The van der Waals surface area contributed by atoms with Gasteiger partial charge in [-0.15, -0.1) is 0 Å². The summed E-state index contributed by atoms with van der Waals surface area (Å²) in [5.74, 6) is 1.79. The van der Waals surface area contributed by atoms with E-state index in [2.05, 4.69) is 63.8 Å². The van der Waals surface area contributed by atoms with E-state index in [1.807, 2.05) is 49.4 Å². The number of rotatable bonds is 9. The maximum atomic E-state index is 5.68. The van der Waals surface area contributed by atoms with Gasteiger partial charge in [-0.25, -0.2) is 0 Å². The third-order valence-electron chi connectivity index (χ3n) is 4.90. The van der Waals surface area contributed by atoms with Gasteiger partial charge in [0.05, 0.1) is 30.1 Å². The highest BCUT2D eigenvalue weighted by atomic mass is 16.5. The molecule has 1 heterocycles. The van der Waals surface area contributed by atoms with Crippen molar-refractivity contribution in [3.05, 3.63) is 90.3 Å². The first-order chi connectivity index (χ1) is 15.2. The molecular formula is C25H26N4O2. The van der Waals surface area contributed by atoms with Crippen LogP contribution in [0.4, 0.5) is 11.4 Å². The molecule has 4 rings (SSSR count). The molecule has 0 atom stereocenters. The molecule has 0 spiro atoms. The molecule has 0 aliphatic carbocycles. The molecule has 0 saturated heterocycles. The zero-order valence-electron chi connectivity index (χ0n) is 17.8. The van der Waals surface area contributed by atoms with E-state index >= 15 is 0 Å². The normalized spacial score (nSPS) is 10.6. The van der Waals surface area contributed by atoms with Crippen molar-refractivity contribution in [3.63, 3.8) is 0 Å². The average Bonchev–Trinajstić information content (AvgIpc) is 3.28. The van der Waals surface area contributed by atoms with E-state index in [4.69, 9.17) is 9.26 Å². The first kappa shape index (κ1) is 20.5. The van der Waals surface area contributed by atoms with Crippen LogP contribution >= 0.6 is 0 Å². The SMILES string of the molecule is CCOc1ccccc1-c1noc(CNc2ccccc2N(C)Cc2ccccc2)n1. The quantitative estimate of drug-likeness (QED) is 0.396. The molecule has 0 amide bonds. The highest BCUT2D eigenvalue weighted by molar-refractivity contribution is 5.69. The van der Waals surface area contributed by atoms with E-state index in [0.29, 0.717) is 24.9 Å². The summed E-state index contributed by atoms with van der Waals surface area (Å²) >= 11 is 0. The zero-order valence-corrected chi connectivity index (χ0v) is 17.8. The van der Waals surface area contributed by atoms with Crippen molar-refractivity contribution in [1.29, 1.82) is 0 Å². The fraction of sp³-hybridized carbons (Fsp3) is 0.200. The minimum absolute atomic E-state index is 0.431. The minimum Gasteiger partial charge on any atom is -0.493 e. The van der Waals surface area contributed by atoms with Gasteiger partial charge in [0.25, 0.3) is 0 Å². The predicted octanol–water partition coefficient (Wildman–Crippen LogP) is 5.38. The largest absolute Gasteiger partial charge is 0.493 e. The molecule has 3 aromatic carbocycles. The van der Waals surface area contributed by atoms with Crippen molar-refractivity contribution in [2.24, 2.45) is 0 Å². The van der Waals surface area contributed by atoms with Crippen molar-refractivity contribution in [3.8, 4) is 17.1 Å². The van der Waals surface area contributed by atoms with Crippen LogP contribution in [-0.2, 0) is 13.1 Å². The second-order valence-corrected chi connectivity index (χ2v) is 7.15. The van der Waals surface area contributed by atoms with E-state index in [0.717, 1.165) is 29.2 Å². The topological polar surface area (TPSA) is 63.4 Å². The summed E-state index contributed by atoms with van der Waals surface area (Å²) in [6.45, 7) is 3.78. The Morgan fingerprint density at radius 2 is 1.68 bits per heavy atom. The Morgan fingerprint density at radius 1 is 0.935 bits per heavy atom. The number of nitrogens with one attached hydrogen (secondary N) is 1. The van der Waals surface area contributed by atoms with E-state index in [9.17, 15) is 0 Å². The first-order valence-corrected chi connectivity index (χ1v) is 10.4. The smallest absolute Gasteiger partial charge is 0.246 e. The third-order valence-corrected chi connectivity index (χ3v) is 4.90. The van der Waals surface area contributed by atoms with Crippen LogP contribution in [0.25, 0.3) is 11.4 Å². The first-order valence-electron chi connectivity index (χ1n) is 10.4. The zero-order chi connectivity index (χ0) is 21.5. The van der Waals surface area contributed by atoms with Gasteiger partial charge >= 0.3 is 0 Å². The number of hydrogen-bond donors (Lipinski definition) is 1. The summed E-state index contributed by atoms with van der Waals surface area (Å²) in [6, 6.07) is 26.3. The van der Waals surface area contributed by atoms with Crippen LogP contribution in [0.15, 0.2) is 83.4 Å². The summed E-state index contributed by atoms with van der Waals surface area (Å²) in [4.78, 5) is 6.76. The lowest BCUT2D eigenvalue weighted by Crippen LogP contribution is -2.18. The lowest BCUT2D eigenvalue weighted by molar-refractivity contribution is 0.341. The lowest BCUT2D eigenvalue weighted by Gasteiger charge is -2.23. The Morgan fingerprint density at radius 3 is 2.52 bits per heavy atom. The van der Waals surface area contributed by atoms with Gasteiger partial charge in [0.1, 0.15) is 5.75 Å². The van der Waals surface area contributed by atoms with Crippen LogP contribution in [0.2, 0.25) is 0 Å². The monoisotopic (exact) mass is 414 g/mol. The molecule has 4 aromatic rings. The van der Waals surface area contributed by atoms with Crippen LogP contribution in [0.1, 0.15) is 18.4 Å². The Labute approximate surface area is 182 Å². The Hall–Kier alpha value is -3.80. The number of anilines is 2. The summed E-state index contributed by atoms with van der Waals surface area (Å²) in [5.41, 5.74) is 4.19. The third kappa shape index (κ3) is 5.04. The Balaban J connectivity index is 1.46. The van der Waals surface area contributed by atoms with Crippen molar-refractivity contribution < 1.29 is 9.26 Å². The fourth-order valence-electron chi connectivity index (χ4n) is 3.44. The molecule has 0 fully saturated rings. The van der Waals surface area contributed by atoms with Gasteiger partial charge in [0.2, 0.25) is 11.7 Å². The van der Waals surface area contributed by atoms with Gasteiger partial charge in [-0.2, -0.15) is 4.98 Å². The summed E-state index contributed by atoms with van der Waals surface area (Å²) < 4.78 is 11.2. The molecular weight excluding hydrogens is 388 g/mol. The van der Waals surface area contributed by atoms with E-state index in [-0.39, 0.29) is 0 Å². The average molecular weight is 415 g/mol. The molecule has 158 valence electrons. The van der Waals surface area contributed by atoms with E-state index < -0.39 is 0 Å². The number of hydrogen-bond acceptors (Lipinski definition) is 6. The molecule has 0 aliphatic heterocycles. The fourth-order valence-corrected chi connectivity index (χ4v) is 3.44. The van der Waals surface area contributed by atoms with Crippen molar-refractivity contribution in [2.45, 2.75) is 20.0 Å². The minimum atomic E-state index is 0.431. The van der Waals surface area contributed by atoms with Crippen molar-refractivity contribution >= 4 is 11.4 Å². The van der Waals surface area contributed by atoms with Crippen molar-refractivity contribution in [1.82, 2.24) is 10.1 Å². The van der Waals surface area contributed by atoms with Gasteiger partial charge in [-0.3, -0.25) is 0 Å². The number of para-hydroxylation sites is 3. The molecule has 6 heteroatoms. The molecule has 6 nitrogen and oxygen atoms in total. The van der Waals surface area contributed by atoms with Gasteiger partial charge in [-0.1, -0.05) is 59.8 Å². The molecule has 1 aromatic heterocycles. The second-order valence-electron chi connectivity index (χ2n) is 7.15. The molecule has 0 bridgehead atoms. The Bertz CT molecular complexity index is 1110. The molecule has 0 radical (unpaired) electrons. The lowest BCUT2D eigenvalue weighted by atomic mass is 10.2. The maximum Gasteiger partial charge on any atom is 0.246 e. The number of aromatic nitrogens is 2. The van der Waals surface area contributed by atoms with Gasteiger partial charge in [-0.05, 0) is 36.8 Å². The van der Waals surface area contributed by atoms with Gasteiger partial charge in [0.15, 0.2) is 0 Å². The molecule has 0 unspecified atom stereocenters. The second kappa shape index (κ2) is 9.80. The summed E-state index contributed by atoms with van der Waals surface area (Å²) in [5, 5.41) is 7.57. The predicted molar refractivity (Wildman–Crippen MR) is 123 cm³/mol. The van der Waals surface area contributed by atoms with E-state index in [1.165, 1.54) is 5.56 Å². The standard InChI is InChI=1S/C25H26N4O2/c1-3-30-23-16-10-7-13-20(23)25-27-24(31-28-25)17-26-21-14-8-9-15-22(21)29(2)18-19-11-5-4-6-12-19/h4-16,26H,3,17-18H2,1-2H3. The van der Waals surface area contributed by atoms with Crippen LogP contribution in [0.3, 0.4) is 0 Å². The summed E-state index contributed by atoms with van der Waals surface area (Å²) in [7, 11) is 2.09. The molecule has 1 N–H and O–H groups in total. The van der Waals surface area contributed by atoms with Crippen LogP contribution < -0.4 is 15.0 Å². The maximum absolute atomic E-state index is 5.68. The van der Waals surface area contributed by atoms with Crippen molar-refractivity contribution in [2.75, 3.05) is 23.9 Å². The number of benzene rings is 3. The highest BCUT2D eigenvalue weighted by Crippen LogP contribution is 2.29.